The molecule has 0 saturated carbocycles. The summed E-state index contributed by atoms with van der Waals surface area (Å²) in [5, 5.41) is 1.10. The van der Waals surface area contributed by atoms with E-state index in [1.54, 1.807) is 0 Å². The minimum atomic E-state index is -1.93. The van der Waals surface area contributed by atoms with Crippen LogP contribution in [0.5, 0.6) is 0 Å². The highest BCUT2D eigenvalue weighted by Crippen LogP contribution is 2.39. The highest BCUT2D eigenvalue weighted by Gasteiger charge is 2.46. The molecule has 94 heavy (non-hydrogen) atoms. The highest BCUT2D eigenvalue weighted by atomic mass is 79.9. The van der Waals surface area contributed by atoms with Gasteiger partial charge in [-0.25, -0.2) is 0 Å². The molecule has 0 saturated heterocycles. The number of hydrogen-bond acceptors (Lipinski definition) is 10. The fourth-order valence-electron chi connectivity index (χ4n) is 14.6. The molecule has 566 valence electrons. The Hall–Kier alpha value is 4.42. The van der Waals surface area contributed by atoms with Crippen LogP contribution in [0.2, 0.25) is 383 Å². The molecule has 0 aliphatic rings. The number of unbranched alkanes of at least 4 members (excludes halogenated alkanes) is 1. The van der Waals surface area contributed by atoms with Gasteiger partial charge in [-0.3, -0.25) is 0 Å². The number of halogens is 1. The van der Waals surface area contributed by atoms with Crippen molar-refractivity contribution < 1.29 is 41.2 Å². The summed E-state index contributed by atoms with van der Waals surface area (Å²) in [7, 11) is -36.8. The van der Waals surface area contributed by atoms with Gasteiger partial charge in [0.15, 0.2) is 166 Å². The van der Waals surface area contributed by atoms with Gasteiger partial charge in [0.2, 0.25) is 0 Å². The zero-order chi connectivity index (χ0) is 74.6. The Morgan fingerprint density at radius 3 is 0.330 bits per heavy atom. The van der Waals surface area contributed by atoms with Crippen molar-refractivity contribution in [2.24, 2.45) is 0 Å². The Morgan fingerprint density at radius 2 is 0.234 bits per heavy atom. The second-order valence-electron chi connectivity index (χ2n) is 42.2. The summed E-state index contributed by atoms with van der Waals surface area (Å²) in [6.45, 7) is 101. The molecule has 0 aromatic heterocycles. The number of hydrogen-bond donors (Lipinski definition) is 0. The summed E-state index contributed by atoms with van der Waals surface area (Å²) < 4.78 is 72.4. The third-order valence-corrected chi connectivity index (χ3v) is 95.9. The molecule has 0 aliphatic carbocycles. The van der Waals surface area contributed by atoms with Gasteiger partial charge in [-0.15, -0.1) is 0 Å². The summed E-state index contributed by atoms with van der Waals surface area (Å²) in [4.78, 5) is 0. The van der Waals surface area contributed by atoms with Crippen LogP contribution in [0.1, 0.15) is 12.8 Å². The average molecular weight is 1730 g/mol. The van der Waals surface area contributed by atoms with E-state index in [2.05, 4.69) is 284 Å². The summed E-state index contributed by atoms with van der Waals surface area (Å²) >= 11 is 3.62. The van der Waals surface area contributed by atoms with E-state index < -0.39 is 166 Å². The van der Waals surface area contributed by atoms with Gasteiger partial charge in [-0.2, -0.15) is 0 Å². The predicted molar refractivity (Wildman–Crippen MR) is 481 cm³/mol. The van der Waals surface area contributed by atoms with Crippen molar-refractivity contribution in [2.45, 2.75) is 396 Å². The lowest BCUT2D eigenvalue weighted by molar-refractivity contribution is 0.512. The molecule has 10 nitrogen and oxygen atoms in total. The molecule has 0 radical (unpaired) electrons. The van der Waals surface area contributed by atoms with Crippen LogP contribution in [0.3, 0.4) is 0 Å². The van der Waals surface area contributed by atoms with Crippen molar-refractivity contribution in [1.82, 2.24) is 0 Å². The van der Waals surface area contributed by atoms with Crippen molar-refractivity contribution in [3.8, 4) is 0 Å². The summed E-state index contributed by atoms with van der Waals surface area (Å²) in [5.74, 6) is 0. The van der Waals surface area contributed by atoms with Crippen LogP contribution in [0, 0.1) is 0 Å². The largest absolute Gasteiger partial charge is 0.456 e. The van der Waals surface area contributed by atoms with Crippen LogP contribution >= 0.6 is 15.9 Å². The first-order valence-corrected chi connectivity index (χ1v) is 101. The third-order valence-electron chi connectivity index (χ3n) is 18.7. The molecule has 0 aliphatic heterocycles. The lowest BCUT2D eigenvalue weighted by atomic mass is 10.4. The van der Waals surface area contributed by atoms with Gasteiger partial charge in [0.05, 0.1) is 0 Å². The predicted octanol–water partition coefficient (Wildman–Crippen LogP) is 26.1. The van der Waals surface area contributed by atoms with E-state index in [0.717, 1.165) is 5.33 Å². The van der Waals surface area contributed by atoms with E-state index in [1.807, 2.05) is 0 Å². The zero-order valence-corrected chi connectivity index (χ0v) is 92.6. The first-order chi connectivity index (χ1) is 41.0. The highest BCUT2D eigenvalue weighted by molar-refractivity contribution is 9.09. The van der Waals surface area contributed by atoms with Gasteiger partial charge in [0, 0.05) is 5.33 Å². The van der Waals surface area contributed by atoms with Gasteiger partial charge < -0.3 is 41.2 Å². The van der Waals surface area contributed by atoms with E-state index in [-0.39, 0.29) is 0 Å². The molecule has 0 amide bonds. The van der Waals surface area contributed by atoms with E-state index in [1.165, 1.54) is 128 Å². The first-order valence-electron chi connectivity index (χ1n) is 37.6. The van der Waals surface area contributed by atoms with E-state index in [4.69, 9.17) is 41.2 Å². The molecule has 0 bridgehead atoms. The molecule has 31 heteroatoms. The fraction of sp³-hybridized carbons (Fsp3) is 1.00. The monoisotopic (exact) mass is 1720 g/mol. The molecular weight excluding hydrogens is 1560 g/mol. The molecule has 0 fully saturated rings. The smallest absolute Gasteiger partial charge is 0.173 e. The van der Waals surface area contributed by atoms with E-state index in [0.29, 0.717) is 0 Å². The topological polar surface area (TPSA) is 92.3 Å². The molecule has 0 unspecified atom stereocenters. The standard InChI is InChI=1S/C63H167BrO10Si20/c1-75(2,3)65-77(6,7)46-47-79(10,11)67-81(14,15)50-51-83(18,19)69-85(22,23)54-55-87(26,27)71-89(30,31)58-59-91(34,35)73-93(38,39)62-63-94(40,41)74-92(36,37)61-60-90(32,33)72-88(28,29)57-56-86(24,25)70-84(20,21)53-52-82(16,17)68-80(12,13)49-48-78(8,9)66-76(4,5)45-43-42-44-64/h42-63H2,1-41H3. The van der Waals surface area contributed by atoms with Gasteiger partial charge in [0.1, 0.15) is 0 Å². The van der Waals surface area contributed by atoms with Gasteiger partial charge in [-0.1, -0.05) is 22.4 Å². The lowest BCUT2D eigenvalue weighted by Crippen LogP contribution is -2.51. The lowest BCUT2D eigenvalue weighted by Gasteiger charge is -2.41. The second-order valence-corrected chi connectivity index (χ2v) is 132. The first kappa shape index (κ1) is 98.4. The summed E-state index contributed by atoms with van der Waals surface area (Å²) in [6, 6.07) is 22.7. The molecule has 0 N–H and O–H groups in total. The molecule has 0 rings (SSSR count). The Kier molecular flexibility index (Phi) is 38.8. The van der Waals surface area contributed by atoms with Gasteiger partial charge in [0.25, 0.3) is 0 Å². The maximum Gasteiger partial charge on any atom is 0.173 e. The number of alkyl halides is 1. The molecule has 0 atom stereocenters. The Bertz CT molecular complexity index is 2240. The van der Waals surface area contributed by atoms with Gasteiger partial charge in [-0.05, 0) is 390 Å². The van der Waals surface area contributed by atoms with E-state index in [9.17, 15) is 0 Å². The average Bonchev–Trinajstić information content (AvgIpc) is 0.843. The molecular formula is C63H167BrO10Si20. The molecule has 0 aromatic rings. The molecule has 0 aromatic carbocycles. The van der Waals surface area contributed by atoms with Crippen molar-refractivity contribution in [3.63, 3.8) is 0 Å². The van der Waals surface area contributed by atoms with Crippen molar-refractivity contribution in [3.05, 3.63) is 0 Å². The summed E-state index contributed by atoms with van der Waals surface area (Å²) in [6.07, 6.45) is 2.52. The van der Waals surface area contributed by atoms with Crippen molar-refractivity contribution in [2.75, 3.05) is 5.33 Å². The minimum absolute atomic E-state index is 1.10. The van der Waals surface area contributed by atoms with Crippen molar-refractivity contribution >= 4 is 182 Å². The zero-order valence-electron chi connectivity index (χ0n) is 71.0. The SMILES string of the molecule is C[Si](C)(C)O[Si](C)(C)CC[Si](C)(C)O[Si](C)(C)CC[Si](C)(C)O[Si](C)(C)CC[Si](C)(C)O[Si](C)(C)CC[Si](C)(C)O[Si](C)(C)CC[Si](C)(C)O[Si](C)(C)CC[Si](C)(C)O[Si](C)(C)CC[Si](C)(C)O[Si](C)(C)CC[Si](C)(C)O[Si](C)(C)CC[Si](C)(C)O[Si](C)(C)CCCCBr. The van der Waals surface area contributed by atoms with Crippen LogP contribution in [0.15, 0.2) is 0 Å². The quantitative estimate of drug-likeness (QED) is 0.0333. The maximum atomic E-state index is 7.40. The van der Waals surface area contributed by atoms with Crippen LogP contribution in [0.25, 0.3) is 0 Å². The maximum absolute atomic E-state index is 7.40. The van der Waals surface area contributed by atoms with E-state index >= 15 is 0 Å². The normalized spacial score (nSPS) is 15.6. The Morgan fingerprint density at radius 1 is 0.138 bits per heavy atom. The van der Waals surface area contributed by atoms with Crippen molar-refractivity contribution in [1.29, 1.82) is 0 Å². The fourth-order valence-corrected chi connectivity index (χ4v) is 128. The van der Waals surface area contributed by atoms with Gasteiger partial charge >= 0.3 is 0 Å². The minimum Gasteiger partial charge on any atom is -0.456 e. The molecule has 0 spiro atoms. The van der Waals surface area contributed by atoms with Crippen LogP contribution in [-0.2, 0) is 41.2 Å². The Labute approximate surface area is 618 Å². The van der Waals surface area contributed by atoms with Crippen LogP contribution in [0.4, 0.5) is 0 Å². The third kappa shape index (κ3) is 49.3. The Balaban J connectivity index is 5.33. The number of rotatable bonds is 51. The van der Waals surface area contributed by atoms with Crippen LogP contribution < -0.4 is 0 Å². The second kappa shape index (κ2) is 37.0. The van der Waals surface area contributed by atoms with Crippen LogP contribution in [-0.4, -0.2) is 172 Å². The summed E-state index contributed by atoms with van der Waals surface area (Å²) in [5.41, 5.74) is 0. The molecule has 0 heterocycles.